The molecule has 0 aliphatic carbocycles. The summed E-state index contributed by atoms with van der Waals surface area (Å²) in [6, 6.07) is 17.8. The van der Waals surface area contributed by atoms with Gasteiger partial charge < -0.3 is 9.64 Å². The Bertz CT molecular complexity index is 694. The number of rotatable bonds is 6. The fourth-order valence-corrected chi connectivity index (χ4v) is 3.62. The second-order valence-corrected chi connectivity index (χ2v) is 7.36. The number of likely N-dealkylation sites (tertiary alicyclic amines) is 1. The van der Waals surface area contributed by atoms with E-state index < -0.39 is 6.10 Å². The van der Waals surface area contributed by atoms with Crippen molar-refractivity contribution in [2.75, 3.05) is 13.1 Å². The van der Waals surface area contributed by atoms with E-state index in [1.165, 1.54) is 5.56 Å². The molecule has 0 radical (unpaired) electrons. The molecule has 0 N–H and O–H groups in total. The maximum Gasteiger partial charge on any atom is 0.263 e. The van der Waals surface area contributed by atoms with E-state index in [0.29, 0.717) is 23.1 Å². The van der Waals surface area contributed by atoms with Crippen molar-refractivity contribution in [1.82, 2.24) is 4.90 Å². The summed E-state index contributed by atoms with van der Waals surface area (Å²) in [5, 5.41) is 0.664. The van der Waals surface area contributed by atoms with E-state index in [-0.39, 0.29) is 5.91 Å². The predicted molar refractivity (Wildman–Crippen MR) is 106 cm³/mol. The normalized spacial score (nSPS) is 16.3. The van der Waals surface area contributed by atoms with Gasteiger partial charge in [-0.3, -0.25) is 4.79 Å². The third-order valence-corrected chi connectivity index (χ3v) is 5.28. The summed E-state index contributed by atoms with van der Waals surface area (Å²) < 4.78 is 5.91. The molecule has 1 heterocycles. The third kappa shape index (κ3) is 5.01. The molecule has 0 unspecified atom stereocenters. The van der Waals surface area contributed by atoms with Crippen LogP contribution in [0.15, 0.2) is 54.6 Å². The first-order chi connectivity index (χ1) is 12.7. The fraction of sp³-hybridized carbons (Fsp3) is 0.409. The van der Waals surface area contributed by atoms with Crippen LogP contribution in [-0.2, 0) is 11.2 Å². The Morgan fingerprint density at radius 1 is 1.12 bits per heavy atom. The first-order valence-corrected chi connectivity index (χ1v) is 9.78. The lowest BCUT2D eigenvalue weighted by molar-refractivity contribution is -0.140. The fourth-order valence-electron chi connectivity index (χ4n) is 3.49. The number of nitrogens with zero attached hydrogens (tertiary/aromatic N) is 1. The molecule has 0 spiro atoms. The molecule has 1 aliphatic heterocycles. The Hall–Kier alpha value is -2.00. The number of benzene rings is 2. The Labute approximate surface area is 160 Å². The van der Waals surface area contributed by atoms with Gasteiger partial charge in [-0.2, -0.15) is 0 Å². The average molecular weight is 372 g/mol. The van der Waals surface area contributed by atoms with Gasteiger partial charge in [-0.05, 0) is 61.4 Å². The lowest BCUT2D eigenvalue weighted by atomic mass is 9.90. The second-order valence-electron chi connectivity index (χ2n) is 6.93. The second kappa shape index (κ2) is 9.09. The van der Waals surface area contributed by atoms with Gasteiger partial charge in [-0.1, -0.05) is 48.9 Å². The Morgan fingerprint density at radius 2 is 1.77 bits per heavy atom. The van der Waals surface area contributed by atoms with Crippen LogP contribution in [0.4, 0.5) is 0 Å². The van der Waals surface area contributed by atoms with Gasteiger partial charge in [0.2, 0.25) is 0 Å². The van der Waals surface area contributed by atoms with Gasteiger partial charge in [-0.25, -0.2) is 0 Å². The molecule has 1 fully saturated rings. The zero-order valence-corrected chi connectivity index (χ0v) is 16.0. The minimum atomic E-state index is -0.429. The van der Waals surface area contributed by atoms with Crippen molar-refractivity contribution in [2.24, 2.45) is 5.92 Å². The first-order valence-electron chi connectivity index (χ1n) is 9.40. The zero-order valence-electron chi connectivity index (χ0n) is 15.2. The molecule has 4 heteroatoms. The van der Waals surface area contributed by atoms with E-state index in [9.17, 15) is 4.79 Å². The quantitative estimate of drug-likeness (QED) is 0.716. The third-order valence-electron chi connectivity index (χ3n) is 5.03. The van der Waals surface area contributed by atoms with Crippen LogP contribution in [-0.4, -0.2) is 30.0 Å². The topological polar surface area (TPSA) is 29.5 Å². The standard InChI is InChI=1S/C22H26ClNO2/c1-2-21(26-20-10-8-19(23)9-11-20)22(25)24-14-12-18(13-15-24)16-17-6-4-3-5-7-17/h3-11,18,21H,2,12-16H2,1H3/t21-/m1/s1. The molecule has 138 valence electrons. The molecule has 1 saturated heterocycles. The lowest BCUT2D eigenvalue weighted by Gasteiger charge is -2.34. The van der Waals surface area contributed by atoms with Crippen molar-refractivity contribution in [3.8, 4) is 5.75 Å². The summed E-state index contributed by atoms with van der Waals surface area (Å²) in [5.41, 5.74) is 1.38. The Balaban J connectivity index is 1.52. The van der Waals surface area contributed by atoms with Crippen LogP contribution in [0.5, 0.6) is 5.75 Å². The summed E-state index contributed by atoms with van der Waals surface area (Å²) in [6.45, 7) is 3.62. The van der Waals surface area contributed by atoms with Crippen molar-refractivity contribution in [3.63, 3.8) is 0 Å². The van der Waals surface area contributed by atoms with Gasteiger partial charge in [0.15, 0.2) is 6.10 Å². The molecule has 0 bridgehead atoms. The Kier molecular flexibility index (Phi) is 6.56. The van der Waals surface area contributed by atoms with E-state index in [1.807, 2.05) is 24.0 Å². The highest BCUT2D eigenvalue weighted by molar-refractivity contribution is 6.30. The molecule has 1 amide bonds. The van der Waals surface area contributed by atoms with Crippen molar-refractivity contribution in [3.05, 3.63) is 65.2 Å². The summed E-state index contributed by atoms with van der Waals surface area (Å²) in [7, 11) is 0. The average Bonchev–Trinajstić information content (AvgIpc) is 2.68. The highest BCUT2D eigenvalue weighted by atomic mass is 35.5. The first kappa shape index (κ1) is 18.8. The SMILES string of the molecule is CC[C@@H](Oc1ccc(Cl)cc1)C(=O)N1CCC(Cc2ccccc2)CC1. The molecular formula is C22H26ClNO2. The van der Waals surface area contributed by atoms with Crippen LogP contribution < -0.4 is 4.74 Å². The minimum Gasteiger partial charge on any atom is -0.481 e. The monoisotopic (exact) mass is 371 g/mol. The number of ether oxygens (including phenoxy) is 1. The summed E-state index contributed by atoms with van der Waals surface area (Å²) in [4.78, 5) is 14.8. The van der Waals surface area contributed by atoms with Crippen molar-refractivity contribution in [1.29, 1.82) is 0 Å². The number of amides is 1. The molecule has 26 heavy (non-hydrogen) atoms. The van der Waals surface area contributed by atoms with Crippen molar-refractivity contribution < 1.29 is 9.53 Å². The molecule has 0 aromatic heterocycles. The molecule has 2 aromatic rings. The highest BCUT2D eigenvalue weighted by Gasteiger charge is 2.28. The maximum atomic E-state index is 12.8. The van der Waals surface area contributed by atoms with Crippen LogP contribution >= 0.6 is 11.6 Å². The largest absolute Gasteiger partial charge is 0.481 e. The molecule has 1 atom stereocenters. The van der Waals surface area contributed by atoms with E-state index in [1.54, 1.807) is 12.1 Å². The number of halogens is 1. The van der Waals surface area contributed by atoms with Gasteiger partial charge in [-0.15, -0.1) is 0 Å². The van der Waals surface area contributed by atoms with Crippen molar-refractivity contribution >= 4 is 17.5 Å². The van der Waals surface area contributed by atoms with Crippen molar-refractivity contribution in [2.45, 2.75) is 38.7 Å². The van der Waals surface area contributed by atoms with Crippen LogP contribution in [0.1, 0.15) is 31.7 Å². The van der Waals surface area contributed by atoms with Gasteiger partial charge in [0.1, 0.15) is 5.75 Å². The molecule has 0 saturated carbocycles. The number of piperidine rings is 1. The number of hydrogen-bond acceptors (Lipinski definition) is 2. The molecule has 3 nitrogen and oxygen atoms in total. The Morgan fingerprint density at radius 3 is 2.38 bits per heavy atom. The van der Waals surface area contributed by atoms with Gasteiger partial charge in [0, 0.05) is 18.1 Å². The number of carbonyl (C=O) groups is 1. The zero-order chi connectivity index (χ0) is 18.4. The van der Waals surface area contributed by atoms with E-state index in [4.69, 9.17) is 16.3 Å². The van der Waals surface area contributed by atoms with E-state index in [0.717, 1.165) is 32.4 Å². The molecule has 1 aliphatic rings. The smallest absolute Gasteiger partial charge is 0.263 e. The minimum absolute atomic E-state index is 0.0978. The van der Waals surface area contributed by atoms with Crippen LogP contribution in [0.25, 0.3) is 0 Å². The van der Waals surface area contributed by atoms with E-state index in [2.05, 4.69) is 30.3 Å². The highest BCUT2D eigenvalue weighted by Crippen LogP contribution is 2.24. The number of carbonyl (C=O) groups excluding carboxylic acids is 1. The summed E-state index contributed by atoms with van der Waals surface area (Å²) >= 11 is 5.91. The van der Waals surface area contributed by atoms with Crippen LogP contribution in [0.2, 0.25) is 5.02 Å². The van der Waals surface area contributed by atoms with E-state index >= 15 is 0 Å². The van der Waals surface area contributed by atoms with Gasteiger partial charge in [0.05, 0.1) is 0 Å². The van der Waals surface area contributed by atoms with Gasteiger partial charge >= 0.3 is 0 Å². The molecule has 3 rings (SSSR count). The lowest BCUT2D eigenvalue weighted by Crippen LogP contribution is -2.45. The predicted octanol–water partition coefficient (Wildman–Crippen LogP) is 4.98. The van der Waals surface area contributed by atoms with Crippen LogP contribution in [0.3, 0.4) is 0 Å². The number of hydrogen-bond donors (Lipinski definition) is 0. The summed E-state index contributed by atoms with van der Waals surface area (Å²) in [5.74, 6) is 1.44. The maximum absolute atomic E-state index is 12.8. The summed E-state index contributed by atoms with van der Waals surface area (Å²) in [6.07, 6.45) is 3.44. The van der Waals surface area contributed by atoms with Crippen LogP contribution in [0, 0.1) is 5.92 Å². The van der Waals surface area contributed by atoms with Gasteiger partial charge in [0.25, 0.3) is 5.91 Å². The molecule has 2 aromatic carbocycles. The molecular weight excluding hydrogens is 346 g/mol.